The van der Waals surface area contributed by atoms with Gasteiger partial charge in [-0.3, -0.25) is 0 Å². The van der Waals surface area contributed by atoms with Crippen LogP contribution in [-0.2, 0) is 10.0 Å². The summed E-state index contributed by atoms with van der Waals surface area (Å²) < 4.78 is 23.4. The molecule has 1 aliphatic heterocycles. The lowest BCUT2D eigenvalue weighted by Crippen LogP contribution is -2.43. The first kappa shape index (κ1) is 15.0. The quantitative estimate of drug-likeness (QED) is 0.874. The Labute approximate surface area is 130 Å². The minimum Gasteiger partial charge on any atom is -0.354 e. The molecule has 0 atom stereocenters. The molecule has 3 N–H and O–H groups in total. The van der Waals surface area contributed by atoms with Crippen LogP contribution in [0.5, 0.6) is 0 Å². The number of piperazine rings is 1. The Kier molecular flexibility index (Phi) is 4.10. The molecule has 6 nitrogen and oxygen atoms in total. The fourth-order valence-corrected chi connectivity index (χ4v) is 3.34. The van der Waals surface area contributed by atoms with Crippen molar-refractivity contribution in [2.75, 3.05) is 31.1 Å². The largest absolute Gasteiger partial charge is 0.354 e. The van der Waals surface area contributed by atoms with E-state index in [1.807, 2.05) is 12.1 Å². The smallest absolute Gasteiger partial charge is 0.238 e. The molecule has 1 aromatic carbocycles. The van der Waals surface area contributed by atoms with Crippen LogP contribution in [0, 0.1) is 0 Å². The molecule has 2 heterocycles. The number of pyridine rings is 1. The van der Waals surface area contributed by atoms with Gasteiger partial charge in [-0.2, -0.15) is 0 Å². The fraction of sp³-hybridized carbons (Fsp3) is 0.267. The topological polar surface area (TPSA) is 88.3 Å². The number of nitrogens with zero attached hydrogens (tertiary/aromatic N) is 2. The van der Waals surface area contributed by atoms with Crippen molar-refractivity contribution in [1.82, 2.24) is 10.3 Å². The van der Waals surface area contributed by atoms with Crippen molar-refractivity contribution in [3.8, 4) is 11.1 Å². The van der Waals surface area contributed by atoms with Crippen LogP contribution >= 0.6 is 0 Å². The van der Waals surface area contributed by atoms with E-state index in [0.29, 0.717) is 5.56 Å². The lowest BCUT2D eigenvalue weighted by atomic mass is 10.1. The molecular weight excluding hydrogens is 300 g/mol. The van der Waals surface area contributed by atoms with Gasteiger partial charge in [0.25, 0.3) is 0 Å². The molecule has 0 bridgehead atoms. The zero-order valence-electron chi connectivity index (χ0n) is 12.1. The predicted octanol–water partition coefficient (Wildman–Crippen LogP) is 0.806. The van der Waals surface area contributed by atoms with Crippen LogP contribution in [0.1, 0.15) is 0 Å². The number of hydrogen-bond donors (Lipinski definition) is 2. The van der Waals surface area contributed by atoms with Crippen LogP contribution in [0.3, 0.4) is 0 Å². The second-order valence-corrected chi connectivity index (χ2v) is 6.71. The first-order chi connectivity index (χ1) is 10.6. The van der Waals surface area contributed by atoms with E-state index in [4.69, 9.17) is 5.14 Å². The number of benzene rings is 1. The summed E-state index contributed by atoms with van der Waals surface area (Å²) >= 11 is 0. The van der Waals surface area contributed by atoms with Gasteiger partial charge < -0.3 is 10.2 Å². The number of sulfonamides is 1. The SMILES string of the molecule is NS(=O)(=O)c1ccccc1-c1ccc(N2CCNCC2)nc1. The third-order valence-electron chi connectivity index (χ3n) is 3.69. The standard InChI is InChI=1S/C15H18N4O2S/c16-22(20,21)14-4-2-1-3-13(14)12-5-6-15(18-11-12)19-9-7-17-8-10-19/h1-6,11,17H,7-10H2,(H2,16,20,21). The second-order valence-electron chi connectivity index (χ2n) is 5.18. The molecule has 3 rings (SSSR count). The van der Waals surface area contributed by atoms with Gasteiger partial charge >= 0.3 is 0 Å². The van der Waals surface area contributed by atoms with Crippen molar-refractivity contribution in [3.05, 3.63) is 42.6 Å². The maximum atomic E-state index is 11.7. The first-order valence-electron chi connectivity index (χ1n) is 7.09. The van der Waals surface area contributed by atoms with Crippen LogP contribution in [0.15, 0.2) is 47.5 Å². The van der Waals surface area contributed by atoms with Crippen LogP contribution < -0.4 is 15.4 Å². The molecule has 0 aliphatic carbocycles. The first-order valence-corrected chi connectivity index (χ1v) is 8.64. The average molecular weight is 318 g/mol. The van der Waals surface area contributed by atoms with E-state index in [-0.39, 0.29) is 4.90 Å². The van der Waals surface area contributed by atoms with Gasteiger partial charge in [0.2, 0.25) is 10.0 Å². The van der Waals surface area contributed by atoms with Crippen molar-refractivity contribution < 1.29 is 8.42 Å². The van der Waals surface area contributed by atoms with Gasteiger partial charge in [0, 0.05) is 43.5 Å². The summed E-state index contributed by atoms with van der Waals surface area (Å²) in [5.74, 6) is 0.901. The summed E-state index contributed by atoms with van der Waals surface area (Å²) in [6.45, 7) is 3.72. The highest BCUT2D eigenvalue weighted by atomic mass is 32.2. The monoisotopic (exact) mass is 318 g/mol. The normalized spacial score (nSPS) is 15.8. The second kappa shape index (κ2) is 6.04. The third-order valence-corrected chi connectivity index (χ3v) is 4.66. The highest BCUT2D eigenvalue weighted by Crippen LogP contribution is 2.27. The van der Waals surface area contributed by atoms with Gasteiger partial charge in [0.15, 0.2) is 0 Å². The summed E-state index contributed by atoms with van der Waals surface area (Å²) in [4.78, 5) is 6.78. The van der Waals surface area contributed by atoms with E-state index in [1.54, 1.807) is 24.4 Å². The summed E-state index contributed by atoms with van der Waals surface area (Å²) in [6, 6.07) is 10.5. The highest BCUT2D eigenvalue weighted by Gasteiger charge is 2.16. The Bertz CT molecular complexity index is 753. The lowest BCUT2D eigenvalue weighted by Gasteiger charge is -2.28. The van der Waals surface area contributed by atoms with Crippen LogP contribution in [0.2, 0.25) is 0 Å². The maximum Gasteiger partial charge on any atom is 0.238 e. The molecule has 1 fully saturated rings. The number of rotatable bonds is 3. The van der Waals surface area contributed by atoms with Crippen molar-refractivity contribution in [1.29, 1.82) is 0 Å². The molecule has 0 spiro atoms. The number of nitrogens with two attached hydrogens (primary N) is 1. The van der Waals surface area contributed by atoms with E-state index in [9.17, 15) is 8.42 Å². The van der Waals surface area contributed by atoms with Crippen molar-refractivity contribution >= 4 is 15.8 Å². The molecule has 0 amide bonds. The minimum absolute atomic E-state index is 0.117. The highest BCUT2D eigenvalue weighted by molar-refractivity contribution is 7.89. The van der Waals surface area contributed by atoms with E-state index in [0.717, 1.165) is 37.6 Å². The van der Waals surface area contributed by atoms with Crippen LogP contribution in [-0.4, -0.2) is 39.6 Å². The molecule has 22 heavy (non-hydrogen) atoms. The van der Waals surface area contributed by atoms with Crippen LogP contribution in [0.4, 0.5) is 5.82 Å². The zero-order chi connectivity index (χ0) is 15.6. The minimum atomic E-state index is -3.76. The summed E-state index contributed by atoms with van der Waals surface area (Å²) in [5.41, 5.74) is 1.31. The Morgan fingerprint density at radius 3 is 2.45 bits per heavy atom. The number of hydrogen-bond acceptors (Lipinski definition) is 5. The summed E-state index contributed by atoms with van der Waals surface area (Å²) in [5, 5.41) is 8.57. The molecule has 2 aromatic rings. The Hall–Kier alpha value is -1.96. The molecule has 1 aliphatic rings. The van der Waals surface area contributed by atoms with Crippen molar-refractivity contribution in [2.24, 2.45) is 5.14 Å². The van der Waals surface area contributed by atoms with Gasteiger partial charge in [-0.25, -0.2) is 18.5 Å². The molecule has 0 unspecified atom stereocenters. The molecule has 116 valence electrons. The summed E-state index contributed by atoms with van der Waals surface area (Å²) in [7, 11) is -3.76. The molecule has 0 radical (unpaired) electrons. The van der Waals surface area contributed by atoms with Gasteiger partial charge in [0.1, 0.15) is 5.82 Å². The Morgan fingerprint density at radius 1 is 1.09 bits per heavy atom. The predicted molar refractivity (Wildman–Crippen MR) is 86.1 cm³/mol. The number of aromatic nitrogens is 1. The van der Waals surface area contributed by atoms with Crippen LogP contribution in [0.25, 0.3) is 11.1 Å². The van der Waals surface area contributed by atoms with Crippen molar-refractivity contribution in [2.45, 2.75) is 4.90 Å². The van der Waals surface area contributed by atoms with Gasteiger partial charge in [-0.1, -0.05) is 18.2 Å². The Morgan fingerprint density at radius 2 is 1.82 bits per heavy atom. The molecule has 0 saturated carbocycles. The summed E-state index contributed by atoms with van der Waals surface area (Å²) in [6.07, 6.45) is 1.70. The van der Waals surface area contributed by atoms with Gasteiger partial charge in [0.05, 0.1) is 4.90 Å². The zero-order valence-corrected chi connectivity index (χ0v) is 12.9. The van der Waals surface area contributed by atoms with E-state index in [1.165, 1.54) is 6.07 Å². The molecule has 1 aromatic heterocycles. The van der Waals surface area contributed by atoms with E-state index >= 15 is 0 Å². The lowest BCUT2D eigenvalue weighted by molar-refractivity contribution is 0.585. The van der Waals surface area contributed by atoms with Gasteiger partial charge in [-0.05, 0) is 18.2 Å². The molecular formula is C15H18N4O2S. The number of nitrogens with one attached hydrogen (secondary N) is 1. The number of primary sulfonamides is 1. The van der Waals surface area contributed by atoms with E-state index < -0.39 is 10.0 Å². The molecule has 7 heteroatoms. The van der Waals surface area contributed by atoms with E-state index in [2.05, 4.69) is 15.2 Å². The van der Waals surface area contributed by atoms with Crippen molar-refractivity contribution in [3.63, 3.8) is 0 Å². The molecule has 1 saturated heterocycles. The van der Waals surface area contributed by atoms with Gasteiger partial charge in [-0.15, -0.1) is 0 Å². The maximum absolute atomic E-state index is 11.7. The average Bonchev–Trinajstić information content (AvgIpc) is 2.55. The third kappa shape index (κ3) is 3.11. The fourth-order valence-electron chi connectivity index (χ4n) is 2.58. The number of anilines is 1. The Balaban J connectivity index is 1.94.